The Kier molecular flexibility index (Phi) is 7.35. The summed E-state index contributed by atoms with van der Waals surface area (Å²) in [5, 5.41) is 10.2. The van der Waals surface area contributed by atoms with Gasteiger partial charge in [0.1, 0.15) is 0 Å². The molecule has 4 rings (SSSR count). The van der Waals surface area contributed by atoms with Crippen LogP contribution in [-0.4, -0.2) is 29.4 Å². The molecule has 0 unspecified atom stereocenters. The maximum absolute atomic E-state index is 13.7. The number of fused-ring (bicyclic) bond motifs is 1. The topological polar surface area (TPSA) is 90.1 Å². The molecular formula is C25H22Br2N2O5S. The molecule has 0 bridgehead atoms. The van der Waals surface area contributed by atoms with Gasteiger partial charge in [0.25, 0.3) is 5.56 Å². The average Bonchev–Trinajstić information content (AvgIpc) is 3.13. The number of methoxy groups -OCH3 is 1. The Morgan fingerprint density at radius 1 is 1.23 bits per heavy atom. The van der Waals surface area contributed by atoms with Crippen LogP contribution in [-0.2, 0) is 9.53 Å². The molecule has 3 aromatic rings. The van der Waals surface area contributed by atoms with E-state index in [1.54, 1.807) is 30.6 Å². The third-order valence-electron chi connectivity index (χ3n) is 5.59. The zero-order chi connectivity index (χ0) is 25.4. The number of aromatic hydroxyl groups is 1. The number of nitrogens with zero attached hydrogens (tertiary/aromatic N) is 2. The lowest BCUT2D eigenvalue weighted by Gasteiger charge is -2.24. The first kappa shape index (κ1) is 25.4. The van der Waals surface area contributed by atoms with Crippen LogP contribution >= 0.6 is 43.2 Å². The van der Waals surface area contributed by atoms with E-state index >= 15 is 0 Å². The first-order chi connectivity index (χ1) is 16.7. The van der Waals surface area contributed by atoms with E-state index in [1.165, 1.54) is 18.4 Å². The summed E-state index contributed by atoms with van der Waals surface area (Å²) in [7, 11) is 1.45. The summed E-state index contributed by atoms with van der Waals surface area (Å²) >= 11 is 8.04. The molecule has 10 heteroatoms. The highest BCUT2D eigenvalue weighted by molar-refractivity contribution is 9.13. The standard InChI is InChI=1S/C25H22Br2N2O5S/c1-5-34-24(32)18-13(3)28-25-29(21(18)14-8-6-12(2)7-9-14)23(31)17(35-25)11-15-10-16(33-4)22(30)20(27)19(15)26/h6-11,21,30H,5H2,1-4H3/b17-11+/t21-/m0/s1. The average molecular weight is 622 g/mol. The van der Waals surface area contributed by atoms with Crippen LogP contribution in [0.15, 0.2) is 60.3 Å². The Labute approximate surface area is 222 Å². The maximum Gasteiger partial charge on any atom is 0.338 e. The molecule has 35 heavy (non-hydrogen) atoms. The lowest BCUT2D eigenvalue weighted by molar-refractivity contribution is -0.139. The molecule has 0 saturated heterocycles. The van der Waals surface area contributed by atoms with Gasteiger partial charge in [-0.25, -0.2) is 9.79 Å². The first-order valence-corrected chi connectivity index (χ1v) is 13.1. The molecule has 2 aromatic carbocycles. The van der Waals surface area contributed by atoms with E-state index in [4.69, 9.17) is 9.47 Å². The summed E-state index contributed by atoms with van der Waals surface area (Å²) in [4.78, 5) is 31.7. The van der Waals surface area contributed by atoms with Gasteiger partial charge in [-0.2, -0.15) is 0 Å². The number of carbonyl (C=O) groups excluding carboxylic acids is 1. The van der Waals surface area contributed by atoms with Crippen LogP contribution in [0.3, 0.4) is 0 Å². The molecule has 1 aliphatic heterocycles. The quantitative estimate of drug-likeness (QED) is 0.428. The SMILES string of the molecule is CCOC(=O)C1=C(C)N=c2s/c(=C/c3cc(OC)c(O)c(Br)c3Br)c(=O)n2[C@H]1c1ccc(C)cc1. The number of hydrogen-bond donors (Lipinski definition) is 1. The van der Waals surface area contributed by atoms with Crippen LogP contribution < -0.4 is 19.6 Å². The Hall–Kier alpha value is -2.69. The number of hydrogen-bond acceptors (Lipinski definition) is 7. The van der Waals surface area contributed by atoms with Crippen LogP contribution in [0.4, 0.5) is 0 Å². The third-order valence-corrected chi connectivity index (χ3v) is 8.73. The number of rotatable bonds is 5. The van der Waals surface area contributed by atoms with Crippen LogP contribution in [0.1, 0.15) is 36.6 Å². The fourth-order valence-electron chi connectivity index (χ4n) is 3.87. The predicted molar refractivity (Wildman–Crippen MR) is 142 cm³/mol. The first-order valence-electron chi connectivity index (χ1n) is 10.7. The number of phenolic OH excluding ortho intramolecular Hbond substituents is 1. The molecule has 7 nitrogen and oxygen atoms in total. The molecule has 1 aromatic heterocycles. The number of halogens is 2. The number of benzene rings is 2. The minimum Gasteiger partial charge on any atom is -0.503 e. The number of aryl methyl sites for hydroxylation is 1. The summed E-state index contributed by atoms with van der Waals surface area (Å²) in [5.74, 6) is -0.285. The zero-order valence-corrected chi connectivity index (χ0v) is 23.4. The zero-order valence-electron chi connectivity index (χ0n) is 19.4. The number of phenols is 1. The van der Waals surface area contributed by atoms with Crippen molar-refractivity contribution in [3.05, 3.63) is 86.9 Å². The van der Waals surface area contributed by atoms with Crippen molar-refractivity contribution in [3.63, 3.8) is 0 Å². The van der Waals surface area contributed by atoms with Crippen LogP contribution in [0, 0.1) is 6.92 Å². The van der Waals surface area contributed by atoms with Crippen molar-refractivity contribution < 1.29 is 19.4 Å². The fraction of sp³-hybridized carbons (Fsp3) is 0.240. The maximum atomic E-state index is 13.7. The van der Waals surface area contributed by atoms with Gasteiger partial charge < -0.3 is 14.6 Å². The van der Waals surface area contributed by atoms with E-state index in [9.17, 15) is 14.7 Å². The molecule has 0 saturated carbocycles. The second-order valence-corrected chi connectivity index (χ2v) is 10.5. The minimum atomic E-state index is -0.669. The predicted octanol–water partition coefficient (Wildman–Crippen LogP) is 4.35. The van der Waals surface area contributed by atoms with Crippen molar-refractivity contribution in [2.45, 2.75) is 26.8 Å². The molecule has 2 heterocycles. The molecule has 1 aliphatic rings. The van der Waals surface area contributed by atoms with Crippen molar-refractivity contribution >= 4 is 55.2 Å². The summed E-state index contributed by atoms with van der Waals surface area (Å²) in [6, 6.07) is 8.68. The molecule has 0 fully saturated rings. The van der Waals surface area contributed by atoms with E-state index in [1.807, 2.05) is 31.2 Å². The van der Waals surface area contributed by atoms with E-state index in [-0.39, 0.29) is 23.7 Å². The Morgan fingerprint density at radius 3 is 2.54 bits per heavy atom. The van der Waals surface area contributed by atoms with Gasteiger partial charge in [0, 0.05) is 4.47 Å². The normalized spacial score (nSPS) is 15.6. The fourth-order valence-corrected chi connectivity index (χ4v) is 5.75. The van der Waals surface area contributed by atoms with E-state index < -0.39 is 12.0 Å². The Morgan fingerprint density at radius 2 is 1.91 bits per heavy atom. The highest BCUT2D eigenvalue weighted by Gasteiger charge is 2.33. The Balaban J connectivity index is 1.98. The lowest BCUT2D eigenvalue weighted by Crippen LogP contribution is -2.39. The summed E-state index contributed by atoms with van der Waals surface area (Å²) in [6.07, 6.45) is 1.70. The molecule has 0 amide bonds. The van der Waals surface area contributed by atoms with Crippen molar-refractivity contribution in [2.75, 3.05) is 13.7 Å². The number of esters is 1. The van der Waals surface area contributed by atoms with Crippen LogP contribution in [0.2, 0.25) is 0 Å². The minimum absolute atomic E-state index is 0.0490. The van der Waals surface area contributed by atoms with Crippen LogP contribution in [0.5, 0.6) is 11.5 Å². The van der Waals surface area contributed by atoms with Gasteiger partial charge >= 0.3 is 5.97 Å². The molecule has 0 aliphatic carbocycles. The van der Waals surface area contributed by atoms with Gasteiger partial charge in [0.05, 0.1) is 40.0 Å². The third kappa shape index (κ3) is 4.62. The smallest absolute Gasteiger partial charge is 0.338 e. The molecule has 0 spiro atoms. The number of thiazole rings is 1. The molecule has 182 valence electrons. The highest BCUT2D eigenvalue weighted by atomic mass is 79.9. The van der Waals surface area contributed by atoms with Gasteiger partial charge in [-0.3, -0.25) is 9.36 Å². The van der Waals surface area contributed by atoms with Gasteiger partial charge in [-0.15, -0.1) is 0 Å². The summed E-state index contributed by atoms with van der Waals surface area (Å²) < 4.78 is 13.5. The Bertz CT molecular complexity index is 1540. The second kappa shape index (κ2) is 10.1. The number of allylic oxidation sites excluding steroid dienone is 1. The van der Waals surface area contributed by atoms with Crippen molar-refractivity contribution in [3.8, 4) is 11.5 Å². The van der Waals surface area contributed by atoms with Crippen molar-refractivity contribution in [2.24, 2.45) is 4.99 Å². The monoisotopic (exact) mass is 620 g/mol. The van der Waals surface area contributed by atoms with E-state index in [0.29, 0.717) is 35.1 Å². The number of ether oxygens (including phenoxy) is 2. The molecule has 1 N–H and O–H groups in total. The highest BCUT2D eigenvalue weighted by Crippen LogP contribution is 2.42. The summed E-state index contributed by atoms with van der Waals surface area (Å²) in [6.45, 7) is 5.69. The van der Waals surface area contributed by atoms with Crippen LogP contribution in [0.25, 0.3) is 6.08 Å². The molecule has 1 atom stereocenters. The second-order valence-electron chi connectivity index (χ2n) is 7.86. The molecule has 0 radical (unpaired) electrons. The largest absolute Gasteiger partial charge is 0.503 e. The lowest BCUT2D eigenvalue weighted by atomic mass is 9.95. The van der Waals surface area contributed by atoms with E-state index in [2.05, 4.69) is 36.9 Å². The molecular weight excluding hydrogens is 600 g/mol. The summed E-state index contributed by atoms with van der Waals surface area (Å²) in [5.41, 5.74) is 3.04. The van der Waals surface area contributed by atoms with E-state index in [0.717, 1.165) is 11.1 Å². The van der Waals surface area contributed by atoms with Gasteiger partial charge in [0.2, 0.25) is 0 Å². The van der Waals surface area contributed by atoms with Gasteiger partial charge in [-0.1, -0.05) is 41.2 Å². The van der Waals surface area contributed by atoms with Gasteiger partial charge in [-0.05, 0) is 75.9 Å². The number of aromatic nitrogens is 1. The van der Waals surface area contributed by atoms with Crippen molar-refractivity contribution in [1.82, 2.24) is 4.57 Å². The van der Waals surface area contributed by atoms with Gasteiger partial charge in [0.15, 0.2) is 16.3 Å². The number of carbonyl (C=O) groups is 1. The van der Waals surface area contributed by atoms with Crippen molar-refractivity contribution in [1.29, 1.82) is 0 Å².